The van der Waals surface area contributed by atoms with Crippen LogP contribution < -0.4 is 15.8 Å². The van der Waals surface area contributed by atoms with Crippen molar-refractivity contribution in [3.05, 3.63) is 82.0 Å². The average molecular weight is 938 g/mol. The second kappa shape index (κ2) is 19.1. The Morgan fingerprint density at radius 1 is 0.985 bits per heavy atom. The van der Waals surface area contributed by atoms with Gasteiger partial charge in [-0.15, -0.1) is 0 Å². The smallest absolute Gasteiger partial charge is 0.161 e. The standard InChI is InChI=1S/C55H75N3O6S2/c1-3-33-21-36-24-45(60)47(64-48-25-37(22-39-10-8-19-57-39)40-12-20-58-52(56)44(40)31-66-65-30-38(29-59)50(48)62)27-42(36)43-26-46(61)49-34(23-41(33)43)11-16-54(4-2)15-7-9-35(51(49)63)28-55(54)18-17-53(32-55)13-5-6-14-53/h8,10,12,19,23-24,27,33-35,37-38,43,46,48-51,57-63H,3-7,9,13-15,17-18,20-22,25-26,28-32,56H2,1-2H3/t33-,34+,35+,37-,38+,43-,46-,48+,49-,50+,51+,54+,55+/m1/s1. The topological polar surface area (TPSA) is 164 Å². The molecule has 0 radical (unpaired) electrons. The largest absolute Gasteiger partial charge is 0.504 e. The summed E-state index contributed by atoms with van der Waals surface area (Å²) in [6.07, 6.45) is 20.9. The predicted molar refractivity (Wildman–Crippen MR) is 265 cm³/mol. The third-order valence-electron chi connectivity index (χ3n) is 18.8. The van der Waals surface area contributed by atoms with Gasteiger partial charge in [-0.05, 0) is 159 Å². The maximum atomic E-state index is 12.8. The molecule has 3 heterocycles. The summed E-state index contributed by atoms with van der Waals surface area (Å²) in [5, 5.41) is 63.6. The van der Waals surface area contributed by atoms with Gasteiger partial charge in [-0.1, -0.05) is 84.3 Å². The Labute approximate surface area is 401 Å². The zero-order valence-corrected chi connectivity index (χ0v) is 40.9. The molecule has 1 saturated heterocycles. The molecular weight excluding hydrogens is 863 g/mol. The Bertz CT molecular complexity index is 2240. The molecule has 1 aromatic heterocycles. The molecule has 66 heavy (non-hydrogen) atoms. The lowest BCUT2D eigenvalue weighted by Crippen LogP contribution is -2.43. The molecule has 8 aliphatic rings. The number of nitrogens with two attached hydrogens (primary N) is 1. The Morgan fingerprint density at radius 3 is 2.61 bits per heavy atom. The quantitative estimate of drug-likeness (QED) is 0.0764. The molecule has 2 aromatic rings. The van der Waals surface area contributed by atoms with E-state index in [1.807, 2.05) is 24.4 Å². The zero-order chi connectivity index (χ0) is 45.8. The summed E-state index contributed by atoms with van der Waals surface area (Å²) >= 11 is 0. The second-order valence-corrected chi connectivity index (χ2v) is 24.6. The van der Waals surface area contributed by atoms with Crippen LogP contribution in [0.15, 0.2) is 65.2 Å². The Balaban J connectivity index is 1.02. The molecule has 9 nitrogen and oxygen atoms in total. The Morgan fingerprint density at radius 2 is 1.83 bits per heavy atom. The van der Waals surface area contributed by atoms with Gasteiger partial charge in [-0.3, -0.25) is 0 Å². The number of aliphatic hydroxyl groups is 4. The maximum absolute atomic E-state index is 12.8. The number of aromatic nitrogens is 1. The van der Waals surface area contributed by atoms with Gasteiger partial charge in [0.2, 0.25) is 0 Å². The first-order valence-electron chi connectivity index (χ1n) is 25.7. The van der Waals surface area contributed by atoms with Crippen LogP contribution in [0.5, 0.6) is 11.5 Å². The van der Waals surface area contributed by atoms with Crippen LogP contribution in [-0.4, -0.2) is 79.6 Å². The molecule has 3 saturated carbocycles. The Hall–Kier alpha value is -2.98. The van der Waals surface area contributed by atoms with Crippen molar-refractivity contribution in [2.75, 3.05) is 24.7 Å². The predicted octanol–water partition coefficient (Wildman–Crippen LogP) is 9.07. The van der Waals surface area contributed by atoms with Crippen molar-refractivity contribution in [2.24, 2.45) is 57.5 Å². The molecule has 4 fully saturated rings. The number of fused-ring (bicyclic) bond motifs is 6. The summed E-state index contributed by atoms with van der Waals surface area (Å²) in [6, 6.07) is 7.91. The van der Waals surface area contributed by atoms with Gasteiger partial charge in [0.25, 0.3) is 0 Å². The van der Waals surface area contributed by atoms with E-state index in [-0.39, 0.29) is 58.7 Å². The van der Waals surface area contributed by atoms with Crippen LogP contribution >= 0.6 is 21.6 Å². The van der Waals surface area contributed by atoms with Gasteiger partial charge in [-0.2, -0.15) is 0 Å². The van der Waals surface area contributed by atoms with Crippen LogP contribution in [0.4, 0.5) is 0 Å². The lowest BCUT2D eigenvalue weighted by Gasteiger charge is -2.47. The molecule has 6 aliphatic carbocycles. The number of hydrogen-bond acceptors (Lipinski definition) is 10. The number of benzene rings is 1. The fourth-order valence-electron chi connectivity index (χ4n) is 15.2. The minimum Gasteiger partial charge on any atom is -0.504 e. The maximum Gasteiger partial charge on any atom is 0.161 e. The van der Waals surface area contributed by atoms with Gasteiger partial charge in [0.15, 0.2) is 11.5 Å². The number of ether oxygens (including phenoxy) is 1. The van der Waals surface area contributed by atoms with E-state index in [0.717, 1.165) is 72.9 Å². The first kappa shape index (κ1) is 46.7. The molecule has 0 amide bonds. The van der Waals surface area contributed by atoms with Crippen molar-refractivity contribution < 1.29 is 30.3 Å². The zero-order valence-electron chi connectivity index (χ0n) is 39.3. The number of nitrogens with one attached hydrogen (secondary N) is 2. The number of aromatic hydroxyl groups is 1. The van der Waals surface area contributed by atoms with E-state index in [9.17, 15) is 25.5 Å². The molecule has 13 atom stereocenters. The van der Waals surface area contributed by atoms with Gasteiger partial charge in [0.1, 0.15) is 11.9 Å². The number of phenolic OH excluding ortho intramolecular Hbond substituents is 1. The molecular formula is C55H75N3O6S2. The van der Waals surface area contributed by atoms with Crippen LogP contribution in [0, 0.1) is 63.6 Å². The first-order chi connectivity index (χ1) is 32.0. The lowest BCUT2D eigenvalue weighted by atomic mass is 9.56. The number of H-pyrrole nitrogens is 1. The molecule has 2 spiro atoms. The summed E-state index contributed by atoms with van der Waals surface area (Å²) in [6.45, 7) is 5.01. The van der Waals surface area contributed by atoms with E-state index in [2.05, 4.69) is 54.2 Å². The van der Waals surface area contributed by atoms with Crippen molar-refractivity contribution in [3.8, 4) is 23.3 Å². The fraction of sp³-hybridized carbons (Fsp3) is 0.673. The summed E-state index contributed by atoms with van der Waals surface area (Å²) in [4.78, 5) is 3.38. The molecule has 358 valence electrons. The molecule has 10 rings (SSSR count). The highest BCUT2D eigenvalue weighted by molar-refractivity contribution is 8.76. The highest BCUT2D eigenvalue weighted by Crippen LogP contribution is 2.69. The normalized spacial score (nSPS) is 38.6. The molecule has 0 unspecified atom stereocenters. The number of phenols is 1. The van der Waals surface area contributed by atoms with E-state index in [1.54, 1.807) is 21.6 Å². The summed E-state index contributed by atoms with van der Waals surface area (Å²) < 4.78 is 6.95. The monoisotopic (exact) mass is 938 g/mol. The lowest BCUT2D eigenvalue weighted by molar-refractivity contribution is -0.0483. The van der Waals surface area contributed by atoms with Crippen molar-refractivity contribution in [1.29, 1.82) is 0 Å². The van der Waals surface area contributed by atoms with Crippen LogP contribution in [0.1, 0.15) is 133 Å². The Kier molecular flexibility index (Phi) is 13.5. The minimum absolute atomic E-state index is 0.0283. The van der Waals surface area contributed by atoms with Crippen molar-refractivity contribution in [2.45, 2.75) is 153 Å². The highest BCUT2D eigenvalue weighted by Gasteiger charge is 2.60. The van der Waals surface area contributed by atoms with E-state index < -0.39 is 30.3 Å². The fourth-order valence-corrected chi connectivity index (χ4v) is 17.8. The van der Waals surface area contributed by atoms with Crippen LogP contribution in [0.2, 0.25) is 0 Å². The number of aliphatic hydroxyl groups excluding tert-OH is 4. The van der Waals surface area contributed by atoms with Crippen LogP contribution in [0.3, 0.4) is 0 Å². The average Bonchev–Trinajstić information content (AvgIpc) is 4.05. The molecule has 2 bridgehead atoms. The highest BCUT2D eigenvalue weighted by atomic mass is 33.1. The molecule has 11 heteroatoms. The van der Waals surface area contributed by atoms with Crippen LogP contribution in [0.25, 0.3) is 0 Å². The van der Waals surface area contributed by atoms with Crippen molar-refractivity contribution >= 4 is 21.6 Å². The number of rotatable bonds is 7. The minimum atomic E-state index is -1.02. The number of allylic oxidation sites excluding steroid dienone is 3. The summed E-state index contributed by atoms with van der Waals surface area (Å²) in [5.41, 5.74) is 13.8. The van der Waals surface area contributed by atoms with Gasteiger partial charge in [-0.25, -0.2) is 0 Å². The van der Waals surface area contributed by atoms with Gasteiger partial charge in [0, 0.05) is 71.2 Å². The van der Waals surface area contributed by atoms with Crippen LogP contribution in [-0.2, 0) is 12.8 Å². The van der Waals surface area contributed by atoms with Gasteiger partial charge in [0.05, 0.1) is 18.3 Å². The first-order valence-corrected chi connectivity index (χ1v) is 28.2. The number of aromatic amines is 1. The molecule has 9 N–H and O–H groups in total. The van der Waals surface area contributed by atoms with Crippen molar-refractivity contribution in [3.63, 3.8) is 0 Å². The van der Waals surface area contributed by atoms with Crippen molar-refractivity contribution in [1.82, 2.24) is 10.3 Å². The third kappa shape index (κ3) is 8.48. The summed E-state index contributed by atoms with van der Waals surface area (Å²) in [5.74, 6) is 9.24. The summed E-state index contributed by atoms with van der Waals surface area (Å²) in [7, 11) is 3.30. The second-order valence-electron chi connectivity index (χ2n) is 22.1. The SMILES string of the molecule is CC[C@@H]1Cc2cc(O)c(O[C@H]3C[C@@H](Cc4ccc[nH]4)C4=CCNC(N)=C4CSSC[C@H](CO)[C@@H]3O)cc2[C@@H]2C[C@@H](O)[C@@H]3[C@@H](O)[C@H]4CCC[C@@](CC)(C#C[C@H]3C=C12)[C@@]1(CCC2(CCCC2)C1)C4. The van der Waals surface area contributed by atoms with E-state index in [0.29, 0.717) is 54.3 Å². The van der Waals surface area contributed by atoms with Gasteiger partial charge < -0.3 is 46.3 Å². The van der Waals surface area contributed by atoms with Gasteiger partial charge >= 0.3 is 0 Å². The molecule has 2 aliphatic heterocycles. The number of dihydropyridines is 1. The van der Waals surface area contributed by atoms with E-state index >= 15 is 0 Å². The number of hydrogen-bond donors (Lipinski definition) is 8. The third-order valence-corrected chi connectivity index (χ3v) is 21.2. The van der Waals surface area contributed by atoms with E-state index in [1.165, 1.54) is 50.5 Å². The van der Waals surface area contributed by atoms with E-state index in [4.69, 9.17) is 10.5 Å². The molecule has 1 aromatic carbocycles.